The van der Waals surface area contributed by atoms with Gasteiger partial charge in [0.2, 0.25) is 0 Å². The molecule has 0 aromatic heterocycles. The van der Waals surface area contributed by atoms with Crippen molar-refractivity contribution < 1.29 is 33.3 Å². The van der Waals surface area contributed by atoms with E-state index in [0.717, 1.165) is 25.7 Å². The van der Waals surface area contributed by atoms with Gasteiger partial charge in [-0.05, 0) is 13.3 Å². The molecule has 0 bridgehead atoms. The molecule has 0 fully saturated rings. The SMILES string of the molecule is C=C(C)C(=O)OCCOCCOCCOCCOC(=O)CCCCCC. The molecule has 0 aliphatic carbocycles. The van der Waals surface area contributed by atoms with E-state index in [-0.39, 0.29) is 19.2 Å². The van der Waals surface area contributed by atoms with Crippen LogP contribution in [0.15, 0.2) is 12.2 Å². The van der Waals surface area contributed by atoms with Gasteiger partial charge in [-0.3, -0.25) is 4.79 Å². The molecule has 7 heteroatoms. The van der Waals surface area contributed by atoms with Crippen LogP contribution in [-0.4, -0.2) is 64.8 Å². The zero-order chi connectivity index (χ0) is 19.5. The fourth-order valence-electron chi connectivity index (χ4n) is 1.84. The Morgan fingerprint density at radius 1 is 0.731 bits per heavy atom. The van der Waals surface area contributed by atoms with Gasteiger partial charge in [-0.1, -0.05) is 32.8 Å². The Labute approximate surface area is 157 Å². The molecule has 0 spiro atoms. The van der Waals surface area contributed by atoms with Gasteiger partial charge >= 0.3 is 11.9 Å². The van der Waals surface area contributed by atoms with Crippen molar-refractivity contribution in [3.8, 4) is 0 Å². The lowest BCUT2D eigenvalue weighted by Crippen LogP contribution is -2.15. The highest BCUT2D eigenvalue weighted by atomic mass is 16.6. The van der Waals surface area contributed by atoms with E-state index < -0.39 is 5.97 Å². The number of rotatable bonds is 18. The van der Waals surface area contributed by atoms with Gasteiger partial charge in [-0.2, -0.15) is 0 Å². The highest BCUT2D eigenvalue weighted by Gasteiger charge is 2.03. The first-order valence-corrected chi connectivity index (χ1v) is 9.29. The number of esters is 2. The molecule has 26 heavy (non-hydrogen) atoms. The predicted octanol–water partition coefficient (Wildman–Crippen LogP) is 2.67. The zero-order valence-corrected chi connectivity index (χ0v) is 16.3. The molecule has 0 heterocycles. The third-order valence-corrected chi connectivity index (χ3v) is 3.28. The number of carbonyl (C=O) groups excluding carboxylic acids is 2. The second-order valence-corrected chi connectivity index (χ2v) is 5.78. The first-order valence-electron chi connectivity index (χ1n) is 9.29. The van der Waals surface area contributed by atoms with Crippen LogP contribution < -0.4 is 0 Å². The molecule has 0 atom stereocenters. The van der Waals surface area contributed by atoms with E-state index in [1.165, 1.54) is 0 Å². The summed E-state index contributed by atoms with van der Waals surface area (Å²) in [4.78, 5) is 22.5. The number of hydrogen-bond donors (Lipinski definition) is 0. The zero-order valence-electron chi connectivity index (χ0n) is 16.3. The van der Waals surface area contributed by atoms with Crippen molar-refractivity contribution in [2.24, 2.45) is 0 Å². The van der Waals surface area contributed by atoms with E-state index in [9.17, 15) is 9.59 Å². The number of unbranched alkanes of at least 4 members (excludes halogenated alkanes) is 3. The van der Waals surface area contributed by atoms with Gasteiger partial charge in [0.15, 0.2) is 0 Å². The molecule has 0 aromatic carbocycles. The Hall–Kier alpha value is -1.44. The van der Waals surface area contributed by atoms with Gasteiger partial charge in [0.1, 0.15) is 13.2 Å². The van der Waals surface area contributed by atoms with Crippen molar-refractivity contribution in [2.75, 3.05) is 52.9 Å². The van der Waals surface area contributed by atoms with E-state index >= 15 is 0 Å². The maximum atomic E-state index is 11.4. The first kappa shape index (κ1) is 24.6. The highest BCUT2D eigenvalue weighted by molar-refractivity contribution is 5.86. The Kier molecular flexibility index (Phi) is 17.3. The van der Waals surface area contributed by atoms with Crippen LogP contribution in [0, 0.1) is 0 Å². The molecular weight excluding hydrogens is 340 g/mol. The van der Waals surface area contributed by atoms with Crippen LogP contribution in [0.2, 0.25) is 0 Å². The summed E-state index contributed by atoms with van der Waals surface area (Å²) < 4.78 is 25.8. The predicted molar refractivity (Wildman–Crippen MR) is 97.9 cm³/mol. The van der Waals surface area contributed by atoms with Crippen molar-refractivity contribution in [3.05, 3.63) is 12.2 Å². The maximum Gasteiger partial charge on any atom is 0.333 e. The molecule has 0 aromatic rings. The molecular formula is C19H34O7. The van der Waals surface area contributed by atoms with Crippen LogP contribution in [0.3, 0.4) is 0 Å². The molecule has 0 rings (SSSR count). The minimum Gasteiger partial charge on any atom is -0.463 e. The fourth-order valence-corrected chi connectivity index (χ4v) is 1.84. The normalized spacial score (nSPS) is 10.5. The van der Waals surface area contributed by atoms with E-state index in [4.69, 9.17) is 23.7 Å². The molecule has 0 N–H and O–H groups in total. The molecule has 0 aliphatic rings. The Balaban J connectivity index is 3.18. The summed E-state index contributed by atoms with van der Waals surface area (Å²) in [7, 11) is 0. The summed E-state index contributed by atoms with van der Waals surface area (Å²) in [5, 5.41) is 0. The molecule has 0 saturated heterocycles. The van der Waals surface area contributed by atoms with E-state index in [1.807, 2.05) is 0 Å². The number of ether oxygens (including phenoxy) is 5. The third-order valence-electron chi connectivity index (χ3n) is 3.28. The standard InChI is InChI=1S/C19H34O7/c1-4-5-6-7-8-18(20)25-15-13-23-11-9-22-10-12-24-14-16-26-19(21)17(2)3/h2,4-16H2,1,3H3. The van der Waals surface area contributed by atoms with E-state index in [2.05, 4.69) is 13.5 Å². The third kappa shape index (κ3) is 17.4. The topological polar surface area (TPSA) is 80.3 Å². The van der Waals surface area contributed by atoms with Crippen molar-refractivity contribution in [1.82, 2.24) is 0 Å². The summed E-state index contributed by atoms with van der Waals surface area (Å²) >= 11 is 0. The van der Waals surface area contributed by atoms with Crippen LogP contribution in [-0.2, 0) is 33.3 Å². The van der Waals surface area contributed by atoms with E-state index in [0.29, 0.717) is 51.6 Å². The van der Waals surface area contributed by atoms with Gasteiger partial charge in [0.05, 0.1) is 39.6 Å². The van der Waals surface area contributed by atoms with Crippen LogP contribution in [0.1, 0.15) is 46.0 Å². The van der Waals surface area contributed by atoms with Crippen molar-refractivity contribution in [2.45, 2.75) is 46.0 Å². The molecule has 7 nitrogen and oxygen atoms in total. The van der Waals surface area contributed by atoms with Crippen LogP contribution >= 0.6 is 0 Å². The summed E-state index contributed by atoms with van der Waals surface area (Å²) in [6.07, 6.45) is 4.75. The summed E-state index contributed by atoms with van der Waals surface area (Å²) in [5.41, 5.74) is 0.370. The molecule has 0 saturated carbocycles. The molecule has 0 amide bonds. The highest BCUT2D eigenvalue weighted by Crippen LogP contribution is 2.03. The summed E-state index contributed by atoms with van der Waals surface area (Å²) in [6.45, 7) is 10.1. The average molecular weight is 374 g/mol. The first-order chi connectivity index (χ1) is 12.6. The molecule has 152 valence electrons. The minimum atomic E-state index is -0.413. The summed E-state index contributed by atoms with van der Waals surface area (Å²) in [6, 6.07) is 0. The van der Waals surface area contributed by atoms with Gasteiger partial charge in [0.25, 0.3) is 0 Å². The van der Waals surface area contributed by atoms with Crippen LogP contribution in [0.4, 0.5) is 0 Å². The second-order valence-electron chi connectivity index (χ2n) is 5.78. The second kappa shape index (κ2) is 18.4. The monoisotopic (exact) mass is 374 g/mol. The van der Waals surface area contributed by atoms with Crippen molar-refractivity contribution in [3.63, 3.8) is 0 Å². The Morgan fingerprint density at radius 2 is 1.23 bits per heavy atom. The van der Waals surface area contributed by atoms with Gasteiger partial charge < -0.3 is 23.7 Å². The lowest BCUT2D eigenvalue weighted by Gasteiger charge is -2.08. The van der Waals surface area contributed by atoms with Crippen molar-refractivity contribution >= 4 is 11.9 Å². The number of carbonyl (C=O) groups is 2. The van der Waals surface area contributed by atoms with Crippen LogP contribution in [0.5, 0.6) is 0 Å². The lowest BCUT2D eigenvalue weighted by molar-refractivity contribution is -0.145. The molecule has 0 aliphatic heterocycles. The lowest BCUT2D eigenvalue weighted by atomic mass is 10.2. The minimum absolute atomic E-state index is 0.160. The van der Waals surface area contributed by atoms with Gasteiger partial charge in [0, 0.05) is 12.0 Å². The van der Waals surface area contributed by atoms with Crippen molar-refractivity contribution in [1.29, 1.82) is 0 Å². The van der Waals surface area contributed by atoms with E-state index in [1.54, 1.807) is 6.92 Å². The fraction of sp³-hybridized carbons (Fsp3) is 0.789. The molecule has 0 unspecified atom stereocenters. The quantitative estimate of drug-likeness (QED) is 0.207. The largest absolute Gasteiger partial charge is 0.463 e. The van der Waals surface area contributed by atoms with Gasteiger partial charge in [-0.15, -0.1) is 0 Å². The Bertz CT molecular complexity index is 382. The number of hydrogen-bond acceptors (Lipinski definition) is 7. The summed E-state index contributed by atoms with van der Waals surface area (Å²) in [5.74, 6) is -0.573. The van der Waals surface area contributed by atoms with Gasteiger partial charge in [-0.25, -0.2) is 4.79 Å². The molecule has 0 radical (unpaired) electrons. The Morgan fingerprint density at radius 3 is 1.73 bits per heavy atom. The average Bonchev–Trinajstić information content (AvgIpc) is 2.62. The maximum absolute atomic E-state index is 11.4. The smallest absolute Gasteiger partial charge is 0.333 e. The van der Waals surface area contributed by atoms with Crippen LogP contribution in [0.25, 0.3) is 0 Å².